The van der Waals surface area contributed by atoms with Crippen molar-refractivity contribution < 1.29 is 14.6 Å². The van der Waals surface area contributed by atoms with E-state index in [1.165, 1.54) is 19.4 Å². The van der Waals surface area contributed by atoms with Crippen LogP contribution in [0.25, 0.3) is 10.8 Å². The molecule has 0 radical (unpaired) electrons. The lowest BCUT2D eigenvalue weighted by molar-refractivity contribution is -0.119. The molecular weight excluding hydrogens is 330 g/mol. The highest BCUT2D eigenvalue weighted by Gasteiger charge is 2.04. The number of phenols is 1. The van der Waals surface area contributed by atoms with Crippen LogP contribution in [0.4, 0.5) is 5.69 Å². The van der Waals surface area contributed by atoms with Crippen LogP contribution in [0.2, 0.25) is 0 Å². The van der Waals surface area contributed by atoms with Crippen molar-refractivity contribution in [1.29, 1.82) is 0 Å². The highest BCUT2D eigenvalue weighted by Crippen LogP contribution is 2.25. The molecule has 6 heteroatoms. The molecule has 0 aliphatic carbocycles. The predicted octanol–water partition coefficient (Wildman–Crippen LogP) is 3.12. The summed E-state index contributed by atoms with van der Waals surface area (Å²) in [5.41, 5.74) is 4.06. The molecule has 0 bridgehead atoms. The smallest absolute Gasteiger partial charge is 0.259 e. The number of rotatable bonds is 6. The second kappa shape index (κ2) is 8.02. The van der Waals surface area contributed by atoms with Gasteiger partial charge in [-0.05, 0) is 35.2 Å². The SMILES string of the molecule is COc1cc(C=NNC(=O)CNc2cccc3ccccc23)ccc1O. The number of ether oxygens (including phenoxy) is 1. The summed E-state index contributed by atoms with van der Waals surface area (Å²) in [7, 11) is 1.47. The Labute approximate surface area is 151 Å². The third kappa shape index (κ3) is 4.10. The zero-order chi connectivity index (χ0) is 18.4. The molecular formula is C20H19N3O3. The summed E-state index contributed by atoms with van der Waals surface area (Å²) in [5, 5.41) is 18.8. The van der Waals surface area contributed by atoms with E-state index in [9.17, 15) is 9.90 Å². The van der Waals surface area contributed by atoms with Crippen molar-refractivity contribution in [3.63, 3.8) is 0 Å². The Balaban J connectivity index is 1.57. The topological polar surface area (TPSA) is 83.0 Å². The molecule has 0 fully saturated rings. The Morgan fingerprint density at radius 1 is 1.15 bits per heavy atom. The second-order valence-electron chi connectivity index (χ2n) is 5.60. The summed E-state index contributed by atoms with van der Waals surface area (Å²) < 4.78 is 5.03. The van der Waals surface area contributed by atoms with E-state index >= 15 is 0 Å². The van der Waals surface area contributed by atoms with Gasteiger partial charge in [0, 0.05) is 11.1 Å². The largest absolute Gasteiger partial charge is 0.504 e. The predicted molar refractivity (Wildman–Crippen MR) is 103 cm³/mol. The first kappa shape index (κ1) is 17.3. The molecule has 26 heavy (non-hydrogen) atoms. The number of aromatic hydroxyl groups is 1. The van der Waals surface area contributed by atoms with E-state index in [0.717, 1.165) is 16.5 Å². The van der Waals surface area contributed by atoms with Gasteiger partial charge in [0.1, 0.15) is 0 Å². The number of fused-ring (bicyclic) bond motifs is 1. The molecule has 0 saturated heterocycles. The summed E-state index contributed by atoms with van der Waals surface area (Å²) >= 11 is 0. The first-order valence-corrected chi connectivity index (χ1v) is 8.08. The van der Waals surface area contributed by atoms with Gasteiger partial charge < -0.3 is 15.2 Å². The van der Waals surface area contributed by atoms with Crippen LogP contribution in [0, 0.1) is 0 Å². The minimum Gasteiger partial charge on any atom is -0.504 e. The number of carbonyl (C=O) groups excluding carboxylic acids is 1. The molecule has 0 aliphatic heterocycles. The van der Waals surface area contributed by atoms with Crippen LogP contribution in [0.1, 0.15) is 5.56 Å². The molecule has 3 aromatic rings. The lowest BCUT2D eigenvalue weighted by Gasteiger charge is -2.08. The quantitative estimate of drug-likeness (QED) is 0.472. The van der Waals surface area contributed by atoms with E-state index in [-0.39, 0.29) is 18.2 Å². The Morgan fingerprint density at radius 3 is 2.81 bits per heavy atom. The van der Waals surface area contributed by atoms with Gasteiger partial charge >= 0.3 is 0 Å². The van der Waals surface area contributed by atoms with Gasteiger partial charge in [-0.25, -0.2) is 5.43 Å². The Kier molecular flexibility index (Phi) is 5.34. The molecule has 0 atom stereocenters. The van der Waals surface area contributed by atoms with Crippen LogP contribution in [0.3, 0.4) is 0 Å². The fraction of sp³-hybridized carbons (Fsp3) is 0.100. The van der Waals surface area contributed by atoms with Crippen molar-refractivity contribution in [2.45, 2.75) is 0 Å². The standard InChI is InChI=1S/C20H19N3O3/c1-26-19-11-14(9-10-18(19)24)12-22-23-20(25)13-21-17-8-4-6-15-5-2-3-7-16(15)17/h2-12,21,24H,13H2,1H3,(H,23,25). The van der Waals surface area contributed by atoms with Gasteiger partial charge in [0.2, 0.25) is 0 Å². The normalized spacial score (nSPS) is 10.8. The summed E-state index contributed by atoms with van der Waals surface area (Å²) in [4.78, 5) is 12.0. The number of nitrogens with one attached hydrogen (secondary N) is 2. The van der Waals surface area contributed by atoms with Gasteiger partial charge in [0.25, 0.3) is 5.91 Å². The maximum Gasteiger partial charge on any atom is 0.259 e. The first-order chi connectivity index (χ1) is 12.7. The van der Waals surface area contributed by atoms with Gasteiger partial charge in [0.05, 0.1) is 19.9 Å². The van der Waals surface area contributed by atoms with E-state index in [1.54, 1.807) is 12.1 Å². The fourth-order valence-electron chi connectivity index (χ4n) is 2.55. The average molecular weight is 349 g/mol. The summed E-state index contributed by atoms with van der Waals surface area (Å²) in [6.07, 6.45) is 1.48. The van der Waals surface area contributed by atoms with E-state index < -0.39 is 0 Å². The third-order valence-electron chi connectivity index (χ3n) is 3.84. The Morgan fingerprint density at radius 2 is 1.96 bits per heavy atom. The molecule has 3 rings (SSSR count). The van der Waals surface area contributed by atoms with Crippen molar-refractivity contribution in [2.75, 3.05) is 19.0 Å². The van der Waals surface area contributed by atoms with Crippen LogP contribution >= 0.6 is 0 Å². The van der Waals surface area contributed by atoms with E-state index in [0.29, 0.717) is 11.3 Å². The van der Waals surface area contributed by atoms with Crippen LogP contribution in [0.15, 0.2) is 65.8 Å². The molecule has 132 valence electrons. The maximum absolute atomic E-state index is 12.0. The van der Waals surface area contributed by atoms with Crippen LogP contribution in [-0.4, -0.2) is 30.9 Å². The zero-order valence-electron chi connectivity index (χ0n) is 14.3. The minimum atomic E-state index is -0.264. The molecule has 0 aliphatic rings. The lowest BCUT2D eigenvalue weighted by atomic mass is 10.1. The summed E-state index contributed by atoms with van der Waals surface area (Å²) in [6, 6.07) is 18.7. The van der Waals surface area contributed by atoms with Gasteiger partial charge in [-0.2, -0.15) is 5.10 Å². The van der Waals surface area contributed by atoms with Crippen LogP contribution < -0.4 is 15.5 Å². The van der Waals surface area contributed by atoms with E-state index in [2.05, 4.69) is 15.8 Å². The van der Waals surface area contributed by atoms with Crippen molar-refractivity contribution in [3.05, 3.63) is 66.2 Å². The van der Waals surface area contributed by atoms with Gasteiger partial charge in [-0.1, -0.05) is 36.4 Å². The lowest BCUT2D eigenvalue weighted by Crippen LogP contribution is -2.25. The van der Waals surface area contributed by atoms with Crippen LogP contribution in [0.5, 0.6) is 11.5 Å². The molecule has 0 aromatic heterocycles. The number of benzene rings is 3. The minimum absolute atomic E-state index is 0.0490. The molecule has 3 aromatic carbocycles. The first-order valence-electron chi connectivity index (χ1n) is 8.08. The zero-order valence-corrected chi connectivity index (χ0v) is 14.3. The maximum atomic E-state index is 12.0. The molecule has 3 N–H and O–H groups in total. The molecule has 1 amide bonds. The monoisotopic (exact) mass is 349 g/mol. The second-order valence-corrected chi connectivity index (χ2v) is 5.60. The number of hydrazone groups is 1. The van der Waals surface area contributed by atoms with Crippen molar-refractivity contribution in [1.82, 2.24) is 5.43 Å². The third-order valence-corrected chi connectivity index (χ3v) is 3.84. The molecule has 0 unspecified atom stereocenters. The summed E-state index contributed by atoms with van der Waals surface area (Å²) in [5.74, 6) is 0.130. The van der Waals surface area contributed by atoms with Gasteiger partial charge in [-0.15, -0.1) is 0 Å². The van der Waals surface area contributed by atoms with Gasteiger partial charge in [-0.3, -0.25) is 4.79 Å². The molecule has 6 nitrogen and oxygen atoms in total. The number of hydrogen-bond donors (Lipinski definition) is 3. The summed E-state index contributed by atoms with van der Waals surface area (Å²) in [6.45, 7) is 0.101. The number of nitrogens with zero attached hydrogens (tertiary/aromatic N) is 1. The van der Waals surface area contributed by atoms with Crippen LogP contribution in [-0.2, 0) is 4.79 Å². The number of amides is 1. The molecule has 0 saturated carbocycles. The Hall–Kier alpha value is -3.54. The average Bonchev–Trinajstić information content (AvgIpc) is 2.67. The highest BCUT2D eigenvalue weighted by atomic mass is 16.5. The van der Waals surface area contributed by atoms with Crippen molar-refractivity contribution in [3.8, 4) is 11.5 Å². The number of hydrogen-bond acceptors (Lipinski definition) is 5. The van der Waals surface area contributed by atoms with Gasteiger partial charge in [0.15, 0.2) is 11.5 Å². The van der Waals surface area contributed by atoms with Crippen molar-refractivity contribution >= 4 is 28.6 Å². The fourth-order valence-corrected chi connectivity index (χ4v) is 2.55. The van der Waals surface area contributed by atoms with E-state index in [4.69, 9.17) is 4.74 Å². The van der Waals surface area contributed by atoms with Crippen molar-refractivity contribution in [2.24, 2.45) is 5.10 Å². The number of methoxy groups -OCH3 is 1. The Bertz CT molecular complexity index is 949. The molecule has 0 spiro atoms. The number of anilines is 1. The number of carbonyl (C=O) groups is 1. The number of phenolic OH excluding ortho intramolecular Hbond substituents is 1. The van der Waals surface area contributed by atoms with E-state index in [1.807, 2.05) is 42.5 Å². The molecule has 0 heterocycles. The highest BCUT2D eigenvalue weighted by molar-refractivity contribution is 5.95.